The summed E-state index contributed by atoms with van der Waals surface area (Å²) in [6.45, 7) is 11.5. The van der Waals surface area contributed by atoms with Crippen molar-refractivity contribution in [3.05, 3.63) is 35.8 Å². The number of carbonyl (C=O) groups excluding carboxylic acids is 2. The van der Waals surface area contributed by atoms with E-state index in [1.54, 1.807) is 32.0 Å². The Morgan fingerprint density at radius 1 is 1.19 bits per heavy atom. The first-order valence-corrected chi connectivity index (χ1v) is 16.0. The fraction of sp³-hybridized carbons (Fsp3) is 0.606. The topological polar surface area (TPSA) is 157 Å². The number of piperidine rings is 1. The number of fused-ring (bicyclic) bond motifs is 1. The largest absolute Gasteiger partial charge is 0.461 e. The van der Waals surface area contributed by atoms with Gasteiger partial charge in [-0.1, -0.05) is 0 Å². The lowest BCUT2D eigenvalue weighted by atomic mass is 9.84. The Morgan fingerprint density at radius 3 is 2.66 bits per heavy atom. The third-order valence-corrected chi connectivity index (χ3v) is 8.57. The monoisotopic (exact) mass is 654 g/mol. The van der Waals surface area contributed by atoms with Gasteiger partial charge in [-0.05, 0) is 78.1 Å². The lowest BCUT2D eigenvalue weighted by Crippen LogP contribution is -2.59. The molecule has 14 heteroatoms. The number of carbonyl (C=O) groups is 2. The second kappa shape index (κ2) is 14.4. The number of esters is 2. The van der Waals surface area contributed by atoms with Crippen LogP contribution < -0.4 is 15.4 Å². The summed E-state index contributed by atoms with van der Waals surface area (Å²) in [5, 5.41) is 16.3. The van der Waals surface area contributed by atoms with E-state index in [1.165, 1.54) is 20.3 Å². The molecule has 47 heavy (non-hydrogen) atoms. The van der Waals surface area contributed by atoms with Gasteiger partial charge in [0.25, 0.3) is 0 Å². The fourth-order valence-electron chi connectivity index (χ4n) is 6.85. The molecule has 3 saturated heterocycles. The first-order chi connectivity index (χ1) is 22.3. The maximum Gasteiger partial charge on any atom is 0.303 e. The molecule has 1 unspecified atom stereocenters. The minimum atomic E-state index is -1.10. The van der Waals surface area contributed by atoms with Gasteiger partial charge in [-0.25, -0.2) is 9.37 Å². The summed E-state index contributed by atoms with van der Waals surface area (Å²) >= 11 is 0. The number of aromatic nitrogens is 2. The zero-order chi connectivity index (χ0) is 33.9. The van der Waals surface area contributed by atoms with Gasteiger partial charge in [-0.2, -0.15) is 10.2 Å². The number of hydrogen-bond acceptors (Lipinski definition) is 13. The van der Waals surface area contributed by atoms with Crippen molar-refractivity contribution in [3.8, 4) is 11.8 Å². The number of anilines is 3. The van der Waals surface area contributed by atoms with E-state index >= 15 is 0 Å². The van der Waals surface area contributed by atoms with E-state index < -0.39 is 42.4 Å². The Morgan fingerprint density at radius 2 is 1.96 bits per heavy atom. The van der Waals surface area contributed by atoms with Crippen molar-refractivity contribution in [1.82, 2.24) is 14.9 Å². The summed E-state index contributed by atoms with van der Waals surface area (Å²) < 4.78 is 43.7. The van der Waals surface area contributed by atoms with Gasteiger partial charge in [-0.15, -0.1) is 0 Å². The van der Waals surface area contributed by atoms with E-state index in [0.717, 1.165) is 32.0 Å². The smallest absolute Gasteiger partial charge is 0.303 e. The molecule has 13 nitrogen and oxygen atoms in total. The Balaban J connectivity index is 1.30. The van der Waals surface area contributed by atoms with Crippen LogP contribution in [0.5, 0.6) is 5.75 Å². The van der Waals surface area contributed by atoms with E-state index in [2.05, 4.69) is 45.4 Å². The molecule has 4 heterocycles. The van der Waals surface area contributed by atoms with Crippen molar-refractivity contribution in [2.24, 2.45) is 0 Å². The highest BCUT2D eigenvalue weighted by molar-refractivity contribution is 5.67. The minimum absolute atomic E-state index is 0.00811. The van der Waals surface area contributed by atoms with Gasteiger partial charge in [0.15, 0.2) is 29.9 Å². The Bertz CT molecular complexity index is 1500. The highest BCUT2D eigenvalue weighted by Crippen LogP contribution is 2.39. The number of nitrogens with one attached hydrogen (secondary N) is 2. The van der Waals surface area contributed by atoms with Crippen LogP contribution in [0.4, 0.5) is 21.8 Å². The number of benzene rings is 1. The van der Waals surface area contributed by atoms with Crippen LogP contribution in [0.15, 0.2) is 24.4 Å². The van der Waals surface area contributed by atoms with Crippen molar-refractivity contribution in [2.45, 2.75) is 116 Å². The molecule has 3 aliphatic rings. The average Bonchev–Trinajstić information content (AvgIpc) is 3.47. The van der Waals surface area contributed by atoms with E-state index in [9.17, 15) is 19.2 Å². The molecule has 5 rings (SSSR count). The number of hydrogen-bond donors (Lipinski definition) is 2. The van der Waals surface area contributed by atoms with Crippen molar-refractivity contribution < 1.29 is 37.7 Å². The number of nitriles is 1. The van der Waals surface area contributed by atoms with Crippen LogP contribution >= 0.6 is 0 Å². The van der Waals surface area contributed by atoms with Crippen LogP contribution in [0.3, 0.4) is 0 Å². The molecule has 1 aromatic heterocycles. The van der Waals surface area contributed by atoms with Gasteiger partial charge in [0, 0.05) is 37.2 Å². The molecule has 0 bridgehead atoms. The molecule has 6 atom stereocenters. The van der Waals surface area contributed by atoms with Crippen molar-refractivity contribution in [1.29, 1.82) is 5.26 Å². The van der Waals surface area contributed by atoms with Gasteiger partial charge in [0.1, 0.15) is 11.8 Å². The zero-order valence-electron chi connectivity index (χ0n) is 27.6. The Kier molecular flexibility index (Phi) is 10.5. The van der Waals surface area contributed by atoms with Crippen molar-refractivity contribution >= 4 is 29.4 Å². The summed E-state index contributed by atoms with van der Waals surface area (Å²) in [6, 6.07) is 7.41. The normalized spacial score (nSPS) is 27.0. The summed E-state index contributed by atoms with van der Waals surface area (Å²) in [4.78, 5) is 34.7. The molecule has 3 aliphatic heterocycles. The number of halogens is 1. The van der Waals surface area contributed by atoms with Gasteiger partial charge in [0.05, 0.1) is 24.5 Å². The second-order valence-electron chi connectivity index (χ2n) is 13.1. The first-order valence-electron chi connectivity index (χ1n) is 16.0. The maximum absolute atomic E-state index is 14.9. The van der Waals surface area contributed by atoms with Crippen LogP contribution in [-0.4, -0.2) is 88.3 Å². The third kappa shape index (κ3) is 8.27. The maximum atomic E-state index is 14.9. The van der Waals surface area contributed by atoms with Crippen LogP contribution in [0.25, 0.3) is 0 Å². The van der Waals surface area contributed by atoms with E-state index in [4.69, 9.17) is 23.7 Å². The Hall–Kier alpha value is -4.06. The van der Waals surface area contributed by atoms with E-state index in [0.29, 0.717) is 11.7 Å². The van der Waals surface area contributed by atoms with Gasteiger partial charge < -0.3 is 34.3 Å². The molecule has 0 amide bonds. The number of nitrogens with zero attached hydrogens (tertiary/aromatic N) is 4. The third-order valence-electron chi connectivity index (χ3n) is 8.57. The molecule has 2 aromatic rings. The van der Waals surface area contributed by atoms with Gasteiger partial charge in [-0.3, -0.25) is 14.5 Å². The number of ether oxygens (including phenoxy) is 5. The molecule has 254 valence electrons. The summed E-state index contributed by atoms with van der Waals surface area (Å²) in [6.07, 6.45) is 0.874. The fourth-order valence-corrected chi connectivity index (χ4v) is 6.85. The summed E-state index contributed by atoms with van der Waals surface area (Å²) in [5.41, 5.74) is 0.631. The van der Waals surface area contributed by atoms with Gasteiger partial charge in [0.2, 0.25) is 12.2 Å². The second-order valence-corrected chi connectivity index (χ2v) is 13.1. The summed E-state index contributed by atoms with van der Waals surface area (Å²) in [5.74, 6) is -1.25. The van der Waals surface area contributed by atoms with Crippen LogP contribution in [0.2, 0.25) is 0 Å². The predicted octanol–water partition coefficient (Wildman–Crippen LogP) is 4.44. The van der Waals surface area contributed by atoms with Crippen LogP contribution in [-0.2, 0) is 28.5 Å². The van der Waals surface area contributed by atoms with Crippen molar-refractivity contribution in [2.75, 3.05) is 23.8 Å². The quantitative estimate of drug-likeness (QED) is 0.347. The first kappa shape index (κ1) is 34.3. The molecule has 0 spiro atoms. The lowest BCUT2D eigenvalue weighted by Gasteiger charge is -2.47. The number of rotatable bonds is 10. The molecule has 0 radical (unpaired) electrons. The standard InChI is InChI=1S/C33H43FN6O7/c1-18(2)44-29-28(46-20(4)42)27(45-19(3)41)17-43-31(29)47-26-10-9-22(12-21(26)15-35)38-32-36-16-25(34)30(39-32)37-23-13-24-8-7-11-40(24)33(5,6)14-23/h9-10,12,16,18,23-24,27-29,31H,7-8,11,13-14,17H2,1-6H3,(H2,36,37,38,39)/t23-,24+,27-,28-,29+,31?/m1/s1. The molecule has 0 aliphatic carbocycles. The highest BCUT2D eigenvalue weighted by atomic mass is 19.1. The SMILES string of the molecule is CC(=O)O[C@H]1[C@H](OC(C)C)C(Oc2ccc(Nc3ncc(F)c(N[C@@H]4C[C@@H]5CCCN5C(C)(C)C4)n3)cc2C#N)OC[C@H]1OC(C)=O. The predicted molar refractivity (Wildman–Crippen MR) is 168 cm³/mol. The average molecular weight is 655 g/mol. The highest BCUT2D eigenvalue weighted by Gasteiger charge is 2.47. The van der Waals surface area contributed by atoms with Crippen molar-refractivity contribution in [3.63, 3.8) is 0 Å². The molecule has 1 aromatic carbocycles. The Labute approximate surface area is 274 Å². The zero-order valence-corrected chi connectivity index (χ0v) is 27.6. The molecule has 0 saturated carbocycles. The van der Waals surface area contributed by atoms with Crippen LogP contribution in [0, 0.1) is 17.1 Å². The summed E-state index contributed by atoms with van der Waals surface area (Å²) in [7, 11) is 0. The van der Waals surface area contributed by atoms with Crippen LogP contribution in [0.1, 0.15) is 72.8 Å². The van der Waals surface area contributed by atoms with Gasteiger partial charge >= 0.3 is 11.9 Å². The molecule has 3 fully saturated rings. The lowest BCUT2D eigenvalue weighted by molar-refractivity contribution is -0.270. The molecular formula is C33H43FN6O7. The molecule has 2 N–H and O–H groups in total. The van der Waals surface area contributed by atoms with E-state index in [1.807, 2.05) is 0 Å². The molecular weight excluding hydrogens is 611 g/mol. The van der Waals surface area contributed by atoms with E-state index in [-0.39, 0.29) is 47.4 Å². The minimum Gasteiger partial charge on any atom is -0.461 e.